The number of fused-ring (bicyclic) bond motifs is 1. The van der Waals surface area contributed by atoms with E-state index in [2.05, 4.69) is 21.1 Å². The predicted octanol–water partition coefficient (Wildman–Crippen LogP) is 3.98. The lowest BCUT2D eigenvalue weighted by molar-refractivity contribution is 0.893. The lowest BCUT2D eigenvalue weighted by atomic mass is 10.2. The zero-order valence-corrected chi connectivity index (χ0v) is 14.0. The molecule has 0 spiro atoms. The summed E-state index contributed by atoms with van der Waals surface area (Å²) in [6.07, 6.45) is 3.37. The van der Waals surface area contributed by atoms with Crippen LogP contribution in [0.5, 0.6) is 0 Å². The molecule has 0 aliphatic heterocycles. The summed E-state index contributed by atoms with van der Waals surface area (Å²) in [4.78, 5) is 8.80. The summed E-state index contributed by atoms with van der Waals surface area (Å²) in [5.74, 6) is 0.734. The summed E-state index contributed by atoms with van der Waals surface area (Å²) in [5, 5.41) is 15.3. The highest BCUT2D eigenvalue weighted by Gasteiger charge is 2.11. The maximum Gasteiger partial charge on any atom is 0.167 e. The van der Waals surface area contributed by atoms with Crippen LogP contribution in [0.15, 0.2) is 72.1 Å². The molecule has 2 aromatic carbocycles. The number of benzene rings is 2. The fourth-order valence-corrected chi connectivity index (χ4v) is 3.48. The van der Waals surface area contributed by atoms with Gasteiger partial charge in [0.25, 0.3) is 0 Å². The Bertz CT molecular complexity index is 1070. The first-order valence-electron chi connectivity index (χ1n) is 7.71. The first-order chi connectivity index (χ1) is 12.3. The number of thioether (sulfide) groups is 1. The van der Waals surface area contributed by atoms with Crippen molar-refractivity contribution in [1.29, 1.82) is 5.26 Å². The largest absolute Gasteiger partial charge is 0.229 e. The average Bonchev–Trinajstić information content (AvgIpc) is 3.12. The van der Waals surface area contributed by atoms with Crippen LogP contribution in [0.2, 0.25) is 0 Å². The molecule has 0 bridgehead atoms. The Labute approximate surface area is 149 Å². The van der Waals surface area contributed by atoms with Gasteiger partial charge < -0.3 is 0 Å². The molecule has 0 saturated heterocycles. The number of rotatable bonds is 4. The summed E-state index contributed by atoms with van der Waals surface area (Å²) in [6.45, 7) is 0. The van der Waals surface area contributed by atoms with Crippen molar-refractivity contribution in [2.45, 2.75) is 10.8 Å². The van der Waals surface area contributed by atoms with E-state index in [-0.39, 0.29) is 0 Å². The van der Waals surface area contributed by atoms with Crippen LogP contribution in [0.4, 0.5) is 0 Å². The lowest BCUT2D eigenvalue weighted by Crippen LogP contribution is -1.97. The molecule has 2 heterocycles. The molecule has 0 atom stereocenters. The smallest absolute Gasteiger partial charge is 0.167 e. The van der Waals surface area contributed by atoms with Gasteiger partial charge in [0.1, 0.15) is 11.4 Å². The molecular weight excluding hydrogens is 330 g/mol. The van der Waals surface area contributed by atoms with E-state index in [0.717, 1.165) is 33.1 Å². The van der Waals surface area contributed by atoms with E-state index in [1.807, 2.05) is 53.2 Å². The SMILES string of the molecule is N#Cc1cccc(CSc2ncnc3c2cnn3-c2ccccc2)c1. The number of hydrogen-bond acceptors (Lipinski definition) is 5. The maximum atomic E-state index is 9.01. The zero-order chi connectivity index (χ0) is 17.1. The Kier molecular flexibility index (Phi) is 4.15. The average molecular weight is 343 g/mol. The molecule has 0 aliphatic carbocycles. The molecule has 0 fully saturated rings. The monoisotopic (exact) mass is 343 g/mol. The fourth-order valence-electron chi connectivity index (χ4n) is 2.58. The lowest BCUT2D eigenvalue weighted by Gasteiger charge is -2.04. The van der Waals surface area contributed by atoms with Crippen molar-refractivity contribution in [2.24, 2.45) is 0 Å². The van der Waals surface area contributed by atoms with Gasteiger partial charge in [0, 0.05) is 5.75 Å². The Morgan fingerprint density at radius 1 is 1.04 bits per heavy atom. The van der Waals surface area contributed by atoms with Crippen molar-refractivity contribution >= 4 is 22.8 Å². The van der Waals surface area contributed by atoms with Crippen LogP contribution in [0.3, 0.4) is 0 Å². The van der Waals surface area contributed by atoms with Crippen molar-refractivity contribution in [3.05, 3.63) is 78.2 Å². The third-order valence-electron chi connectivity index (χ3n) is 3.76. The van der Waals surface area contributed by atoms with Crippen molar-refractivity contribution in [3.8, 4) is 11.8 Å². The molecule has 2 aromatic heterocycles. The van der Waals surface area contributed by atoms with Crippen molar-refractivity contribution in [2.75, 3.05) is 0 Å². The molecule has 6 heteroatoms. The maximum absolute atomic E-state index is 9.01. The van der Waals surface area contributed by atoms with Crippen LogP contribution in [0.25, 0.3) is 16.7 Å². The molecule has 0 N–H and O–H groups in total. The molecular formula is C19H13N5S. The van der Waals surface area contributed by atoms with E-state index < -0.39 is 0 Å². The highest BCUT2D eigenvalue weighted by molar-refractivity contribution is 7.98. The second kappa shape index (κ2) is 6.75. The van der Waals surface area contributed by atoms with E-state index in [9.17, 15) is 0 Å². The van der Waals surface area contributed by atoms with Gasteiger partial charge in [-0.3, -0.25) is 0 Å². The molecule has 5 nitrogen and oxygen atoms in total. The van der Waals surface area contributed by atoms with Gasteiger partial charge in [-0.1, -0.05) is 30.3 Å². The normalized spacial score (nSPS) is 10.7. The van der Waals surface area contributed by atoms with Gasteiger partial charge >= 0.3 is 0 Å². The Balaban J connectivity index is 1.65. The van der Waals surface area contributed by atoms with E-state index in [1.54, 1.807) is 30.4 Å². The summed E-state index contributed by atoms with van der Waals surface area (Å²) in [6, 6.07) is 19.7. The van der Waals surface area contributed by atoms with Gasteiger partial charge in [-0.25, -0.2) is 14.6 Å². The van der Waals surface area contributed by atoms with Crippen LogP contribution >= 0.6 is 11.8 Å². The molecule has 0 aliphatic rings. The van der Waals surface area contributed by atoms with Gasteiger partial charge in [0.15, 0.2) is 5.65 Å². The fraction of sp³-hybridized carbons (Fsp3) is 0.0526. The minimum atomic E-state index is 0.669. The molecule has 0 saturated carbocycles. The molecule has 4 aromatic rings. The Morgan fingerprint density at radius 3 is 2.76 bits per heavy atom. The van der Waals surface area contributed by atoms with Crippen molar-refractivity contribution in [3.63, 3.8) is 0 Å². The summed E-state index contributed by atoms with van der Waals surface area (Å²) in [7, 11) is 0. The number of hydrogen-bond donors (Lipinski definition) is 0. The number of para-hydroxylation sites is 1. The van der Waals surface area contributed by atoms with Crippen LogP contribution in [0.1, 0.15) is 11.1 Å². The van der Waals surface area contributed by atoms with Gasteiger partial charge in [-0.15, -0.1) is 11.8 Å². The Morgan fingerprint density at radius 2 is 1.92 bits per heavy atom. The number of nitrogens with zero attached hydrogens (tertiary/aromatic N) is 5. The molecule has 0 amide bonds. The van der Waals surface area contributed by atoms with E-state index >= 15 is 0 Å². The first-order valence-corrected chi connectivity index (χ1v) is 8.70. The summed E-state index contributed by atoms with van der Waals surface area (Å²) >= 11 is 1.62. The second-order valence-corrected chi connectivity index (χ2v) is 6.37. The van der Waals surface area contributed by atoms with Crippen molar-refractivity contribution < 1.29 is 0 Å². The highest BCUT2D eigenvalue weighted by Crippen LogP contribution is 2.28. The third-order valence-corrected chi connectivity index (χ3v) is 4.84. The van der Waals surface area contributed by atoms with Crippen LogP contribution in [0, 0.1) is 11.3 Å². The molecule has 0 radical (unpaired) electrons. The van der Waals surface area contributed by atoms with Gasteiger partial charge in [0.2, 0.25) is 0 Å². The van der Waals surface area contributed by atoms with Gasteiger partial charge in [-0.05, 0) is 29.8 Å². The van der Waals surface area contributed by atoms with Crippen LogP contribution in [-0.4, -0.2) is 19.7 Å². The minimum absolute atomic E-state index is 0.669. The molecule has 120 valence electrons. The topological polar surface area (TPSA) is 67.4 Å². The van der Waals surface area contributed by atoms with E-state index in [1.165, 1.54) is 0 Å². The number of aromatic nitrogens is 4. The third kappa shape index (κ3) is 3.10. The van der Waals surface area contributed by atoms with Gasteiger partial charge in [-0.2, -0.15) is 10.4 Å². The quantitative estimate of drug-likeness (QED) is 0.414. The molecule has 0 unspecified atom stereocenters. The first kappa shape index (κ1) is 15.4. The second-order valence-electron chi connectivity index (χ2n) is 5.41. The Hall–Kier alpha value is -3.17. The van der Waals surface area contributed by atoms with Crippen molar-refractivity contribution in [1.82, 2.24) is 19.7 Å². The van der Waals surface area contributed by atoms with Crippen LogP contribution < -0.4 is 0 Å². The van der Waals surface area contributed by atoms with Gasteiger partial charge in [0.05, 0.1) is 28.9 Å². The predicted molar refractivity (Wildman–Crippen MR) is 97.4 cm³/mol. The molecule has 25 heavy (non-hydrogen) atoms. The summed E-state index contributed by atoms with van der Waals surface area (Å²) in [5.41, 5.74) is 3.51. The zero-order valence-electron chi connectivity index (χ0n) is 13.2. The molecule has 4 rings (SSSR count). The summed E-state index contributed by atoms with van der Waals surface area (Å²) < 4.78 is 1.82. The standard InChI is InChI=1S/C19H13N5S/c20-10-14-5-4-6-15(9-14)12-25-19-17-11-23-24(18(17)21-13-22-19)16-7-2-1-3-8-16/h1-9,11,13H,12H2. The number of nitriles is 1. The highest BCUT2D eigenvalue weighted by atomic mass is 32.2. The van der Waals surface area contributed by atoms with E-state index in [4.69, 9.17) is 5.26 Å². The minimum Gasteiger partial charge on any atom is -0.229 e. The van der Waals surface area contributed by atoms with E-state index in [0.29, 0.717) is 5.56 Å². The van der Waals surface area contributed by atoms with Crippen LogP contribution in [-0.2, 0) is 5.75 Å².